The summed E-state index contributed by atoms with van der Waals surface area (Å²) >= 11 is 0. The van der Waals surface area contributed by atoms with Gasteiger partial charge in [-0.15, -0.1) is 0 Å². The molecule has 0 atom stereocenters. The molecule has 0 saturated carbocycles. The normalized spacial score (nSPS) is 15.0. The quantitative estimate of drug-likeness (QED) is 0.404. The third kappa shape index (κ3) is 4.21. The van der Waals surface area contributed by atoms with E-state index in [1.54, 1.807) is 17.2 Å². The summed E-state index contributed by atoms with van der Waals surface area (Å²) in [6.07, 6.45) is 7.08. The summed E-state index contributed by atoms with van der Waals surface area (Å²) in [6.45, 7) is 3.44. The van der Waals surface area contributed by atoms with Gasteiger partial charge in [-0.3, -0.25) is 9.67 Å². The van der Waals surface area contributed by atoms with Crippen LogP contribution >= 0.6 is 0 Å². The molecule has 3 aromatic rings. The van der Waals surface area contributed by atoms with E-state index in [0.717, 1.165) is 41.6 Å². The molecule has 0 aliphatic carbocycles. The molecule has 1 aliphatic heterocycles. The minimum atomic E-state index is 0.650. The largest absolute Gasteiger partial charge is 0.367 e. The molecule has 0 amide bonds. The van der Waals surface area contributed by atoms with Crippen molar-refractivity contribution in [2.24, 2.45) is 12.0 Å². The van der Waals surface area contributed by atoms with Gasteiger partial charge in [-0.05, 0) is 31.4 Å². The maximum absolute atomic E-state index is 4.85. The highest BCUT2D eigenvalue weighted by atomic mass is 15.3. The standard InChI is InChI=1S/C20H26N8/c1-27-19-17(14-25-27)18(23-15-24-19)21-10-11-22-20(28-12-6-3-7-13-28)26-16-8-4-2-5-9-16/h2,4-5,8-9,14-15H,3,6-7,10-13H2,1H3,(H,22,26)(H,21,23,24). The molecule has 0 unspecified atom stereocenters. The molecule has 0 radical (unpaired) electrons. The van der Waals surface area contributed by atoms with Gasteiger partial charge in [-0.2, -0.15) is 5.10 Å². The highest BCUT2D eigenvalue weighted by molar-refractivity contribution is 5.93. The molecular formula is C20H26N8. The van der Waals surface area contributed by atoms with Gasteiger partial charge in [0.05, 0.1) is 18.1 Å². The second kappa shape index (κ2) is 8.69. The van der Waals surface area contributed by atoms with Crippen LogP contribution in [0.3, 0.4) is 0 Å². The molecule has 1 fully saturated rings. The Kier molecular flexibility index (Phi) is 5.65. The Hall–Kier alpha value is -3.16. The van der Waals surface area contributed by atoms with Gasteiger partial charge in [0, 0.05) is 32.4 Å². The first kappa shape index (κ1) is 18.2. The van der Waals surface area contributed by atoms with Crippen molar-refractivity contribution in [3.63, 3.8) is 0 Å². The molecule has 0 spiro atoms. The number of nitrogens with one attached hydrogen (secondary N) is 2. The molecule has 8 heteroatoms. The maximum atomic E-state index is 4.85. The molecule has 2 N–H and O–H groups in total. The number of likely N-dealkylation sites (tertiary alicyclic amines) is 1. The van der Waals surface area contributed by atoms with E-state index >= 15 is 0 Å². The minimum Gasteiger partial charge on any atom is -0.367 e. The van der Waals surface area contributed by atoms with E-state index in [2.05, 4.69) is 42.7 Å². The van der Waals surface area contributed by atoms with E-state index in [1.165, 1.54) is 19.3 Å². The number of nitrogens with zero attached hydrogens (tertiary/aromatic N) is 6. The van der Waals surface area contributed by atoms with Crippen LogP contribution in [-0.2, 0) is 7.05 Å². The fraction of sp³-hybridized carbons (Fsp3) is 0.400. The number of anilines is 2. The van der Waals surface area contributed by atoms with Gasteiger partial charge in [0.25, 0.3) is 0 Å². The number of piperidine rings is 1. The van der Waals surface area contributed by atoms with Gasteiger partial charge in [-0.25, -0.2) is 9.97 Å². The molecular weight excluding hydrogens is 352 g/mol. The van der Waals surface area contributed by atoms with E-state index in [-0.39, 0.29) is 0 Å². The Balaban J connectivity index is 1.42. The van der Waals surface area contributed by atoms with Crippen LogP contribution in [0.15, 0.2) is 47.8 Å². The van der Waals surface area contributed by atoms with E-state index in [0.29, 0.717) is 13.1 Å². The Bertz CT molecular complexity index is 928. The van der Waals surface area contributed by atoms with Crippen LogP contribution in [-0.4, -0.2) is 56.8 Å². The van der Waals surface area contributed by atoms with Crippen LogP contribution < -0.4 is 10.6 Å². The van der Waals surface area contributed by atoms with Crippen LogP contribution in [0, 0.1) is 0 Å². The predicted molar refractivity (Wildman–Crippen MR) is 113 cm³/mol. The monoisotopic (exact) mass is 378 g/mol. The average molecular weight is 378 g/mol. The topological polar surface area (TPSA) is 83.3 Å². The molecule has 4 rings (SSSR count). The van der Waals surface area contributed by atoms with Gasteiger partial charge in [0.2, 0.25) is 0 Å². The number of aromatic nitrogens is 4. The van der Waals surface area contributed by atoms with Gasteiger partial charge in [-0.1, -0.05) is 18.2 Å². The second-order valence-corrected chi connectivity index (χ2v) is 6.90. The Morgan fingerprint density at radius 3 is 2.75 bits per heavy atom. The zero-order valence-electron chi connectivity index (χ0n) is 16.2. The molecule has 8 nitrogen and oxygen atoms in total. The highest BCUT2D eigenvalue weighted by Gasteiger charge is 2.15. The highest BCUT2D eigenvalue weighted by Crippen LogP contribution is 2.17. The summed E-state index contributed by atoms with van der Waals surface area (Å²) in [5.41, 5.74) is 1.88. The molecule has 28 heavy (non-hydrogen) atoms. The SMILES string of the molecule is Cn1ncc2c(NCCN=C(Nc3ccccc3)N3CCCCC3)ncnc21. The molecule has 0 bridgehead atoms. The Morgan fingerprint density at radius 2 is 1.93 bits per heavy atom. The van der Waals surface area contributed by atoms with Crippen molar-refractivity contribution >= 4 is 28.5 Å². The van der Waals surface area contributed by atoms with Crippen molar-refractivity contribution < 1.29 is 0 Å². The van der Waals surface area contributed by atoms with Crippen LogP contribution in [0.25, 0.3) is 11.0 Å². The van der Waals surface area contributed by atoms with Crippen molar-refractivity contribution in [3.05, 3.63) is 42.9 Å². The summed E-state index contributed by atoms with van der Waals surface area (Å²) in [5.74, 6) is 1.74. The number of aliphatic imine (C=N–C) groups is 1. The van der Waals surface area contributed by atoms with Crippen molar-refractivity contribution in [3.8, 4) is 0 Å². The summed E-state index contributed by atoms with van der Waals surface area (Å²) in [5, 5.41) is 12.0. The lowest BCUT2D eigenvalue weighted by Crippen LogP contribution is -2.40. The van der Waals surface area contributed by atoms with Gasteiger partial charge in [0.1, 0.15) is 12.1 Å². The van der Waals surface area contributed by atoms with Gasteiger partial charge in [0.15, 0.2) is 11.6 Å². The number of benzene rings is 1. The predicted octanol–water partition coefficient (Wildman–Crippen LogP) is 2.73. The van der Waals surface area contributed by atoms with E-state index in [4.69, 9.17) is 4.99 Å². The summed E-state index contributed by atoms with van der Waals surface area (Å²) in [7, 11) is 1.88. The molecule has 2 aromatic heterocycles. The number of hydrogen-bond acceptors (Lipinski definition) is 5. The molecule has 1 aromatic carbocycles. The summed E-state index contributed by atoms with van der Waals surface area (Å²) in [6, 6.07) is 10.2. The number of guanidine groups is 1. The third-order valence-electron chi connectivity index (χ3n) is 4.88. The summed E-state index contributed by atoms with van der Waals surface area (Å²) < 4.78 is 1.75. The lowest BCUT2D eigenvalue weighted by Gasteiger charge is -2.30. The average Bonchev–Trinajstić information content (AvgIpc) is 3.13. The maximum Gasteiger partial charge on any atom is 0.198 e. The lowest BCUT2D eigenvalue weighted by molar-refractivity contribution is 0.340. The third-order valence-corrected chi connectivity index (χ3v) is 4.88. The first-order valence-corrected chi connectivity index (χ1v) is 9.79. The van der Waals surface area contributed by atoms with Gasteiger partial charge >= 0.3 is 0 Å². The fourth-order valence-corrected chi connectivity index (χ4v) is 3.41. The number of hydrogen-bond donors (Lipinski definition) is 2. The smallest absolute Gasteiger partial charge is 0.198 e. The van der Waals surface area contributed by atoms with Crippen LogP contribution in [0.4, 0.5) is 11.5 Å². The Labute approximate surface area is 164 Å². The molecule has 3 heterocycles. The van der Waals surface area contributed by atoms with Crippen LogP contribution in [0.5, 0.6) is 0 Å². The lowest BCUT2D eigenvalue weighted by atomic mass is 10.1. The van der Waals surface area contributed by atoms with Crippen LogP contribution in [0.1, 0.15) is 19.3 Å². The van der Waals surface area contributed by atoms with E-state index < -0.39 is 0 Å². The van der Waals surface area contributed by atoms with E-state index in [9.17, 15) is 0 Å². The number of fused-ring (bicyclic) bond motifs is 1. The van der Waals surface area contributed by atoms with Crippen molar-refractivity contribution in [2.75, 3.05) is 36.8 Å². The first-order chi connectivity index (χ1) is 13.8. The molecule has 1 saturated heterocycles. The number of para-hydroxylation sites is 1. The second-order valence-electron chi connectivity index (χ2n) is 6.90. The van der Waals surface area contributed by atoms with E-state index in [1.807, 2.05) is 25.2 Å². The summed E-state index contributed by atoms with van der Waals surface area (Å²) in [4.78, 5) is 15.8. The molecule has 1 aliphatic rings. The molecule has 146 valence electrons. The number of rotatable bonds is 5. The van der Waals surface area contributed by atoms with Crippen molar-refractivity contribution in [2.45, 2.75) is 19.3 Å². The first-order valence-electron chi connectivity index (χ1n) is 9.79. The van der Waals surface area contributed by atoms with Crippen LogP contribution in [0.2, 0.25) is 0 Å². The zero-order valence-corrected chi connectivity index (χ0v) is 16.2. The van der Waals surface area contributed by atoms with Crippen molar-refractivity contribution in [1.82, 2.24) is 24.6 Å². The van der Waals surface area contributed by atoms with Gasteiger partial charge < -0.3 is 15.5 Å². The Morgan fingerprint density at radius 1 is 1.11 bits per heavy atom. The fourth-order valence-electron chi connectivity index (χ4n) is 3.41. The zero-order chi connectivity index (χ0) is 19.2. The minimum absolute atomic E-state index is 0.650. The van der Waals surface area contributed by atoms with Crippen molar-refractivity contribution in [1.29, 1.82) is 0 Å². The number of aryl methyl sites for hydroxylation is 1.